The first-order chi connectivity index (χ1) is 25.1. The Hall–Kier alpha value is -4.98. The minimum Gasteiger partial charge on any atom is -0.390 e. The fraction of sp³-hybridized carbons (Fsp3) is 0.359. The number of imidazole rings is 1. The predicted molar refractivity (Wildman–Crippen MR) is 211 cm³/mol. The number of aryl methyl sites for hydroxylation is 1. The summed E-state index contributed by atoms with van der Waals surface area (Å²) in [4.78, 5) is 44.8. The summed E-state index contributed by atoms with van der Waals surface area (Å²) in [5.74, 6) is -1.28. The maximum absolute atomic E-state index is 14.5. The number of hydrogen-bond donors (Lipinski definition) is 1. The number of likely N-dealkylation sites (N-methyl/N-ethyl adjacent to an activating group) is 1. The molecule has 13 heteroatoms. The zero-order valence-electron chi connectivity index (χ0n) is 31.1. The largest absolute Gasteiger partial charge is 0.434 e. The van der Waals surface area contributed by atoms with E-state index in [0.29, 0.717) is 60.6 Å². The van der Waals surface area contributed by atoms with Gasteiger partial charge in [-0.1, -0.05) is 88.0 Å². The summed E-state index contributed by atoms with van der Waals surface area (Å²) in [6, 6.07) is 15.7. The molecule has 5 heterocycles. The smallest absolute Gasteiger partial charge is 0.390 e. The zero-order valence-corrected chi connectivity index (χ0v) is 32.0. The van der Waals surface area contributed by atoms with Gasteiger partial charge in [-0.25, -0.2) is 4.57 Å². The number of aromatic nitrogens is 4. The van der Waals surface area contributed by atoms with Gasteiger partial charge in [0, 0.05) is 65.0 Å². The Morgan fingerprint density at radius 1 is 0.962 bits per heavy atom. The Bertz CT molecular complexity index is 2090. The molecule has 0 N–H and O–H groups in total. The first-order valence-corrected chi connectivity index (χ1v) is 18.0. The number of ether oxygens (including phenoxy) is 1. The fourth-order valence-corrected chi connectivity index (χ4v) is 6.70. The number of carbonyl (C=O) groups excluding carboxylic acids is 2. The van der Waals surface area contributed by atoms with Crippen molar-refractivity contribution in [3.63, 3.8) is 0 Å². The van der Waals surface area contributed by atoms with Crippen LogP contribution in [0.15, 0.2) is 79.8 Å². The summed E-state index contributed by atoms with van der Waals surface area (Å²) in [5.41, 5.74) is 4.17. The van der Waals surface area contributed by atoms with E-state index in [2.05, 4.69) is 33.5 Å². The topological polar surface area (TPSA) is 121 Å². The van der Waals surface area contributed by atoms with E-state index < -0.39 is 16.7 Å². The number of allylic oxidation sites excluding steroid dienone is 1. The molecular formula is C39H49N7O5S. The van der Waals surface area contributed by atoms with E-state index in [0.717, 1.165) is 21.8 Å². The minimum absolute atomic E-state index is 0.0794. The molecule has 0 radical (unpaired) electrons. The second kappa shape index (κ2) is 18.0. The molecular weight excluding hydrogens is 679 g/mol. The van der Waals surface area contributed by atoms with Gasteiger partial charge in [-0.3, -0.25) is 18.8 Å². The van der Waals surface area contributed by atoms with Crippen molar-refractivity contribution in [2.24, 2.45) is 7.05 Å². The van der Waals surface area contributed by atoms with Gasteiger partial charge in [0.05, 0.1) is 37.4 Å². The van der Waals surface area contributed by atoms with Crippen LogP contribution in [0.1, 0.15) is 57.9 Å². The molecule has 0 saturated heterocycles. The number of amides is 2. The summed E-state index contributed by atoms with van der Waals surface area (Å²) in [5, 5.41) is 13.2. The summed E-state index contributed by atoms with van der Waals surface area (Å²) >= 11 is 4.48. The van der Waals surface area contributed by atoms with Crippen molar-refractivity contribution in [2.45, 2.75) is 66.8 Å². The second-order valence-electron chi connectivity index (χ2n) is 11.8. The molecule has 0 spiro atoms. The molecule has 0 fully saturated rings. The SMILES string of the molecule is C=CC.CC.CC.CN(S)CC1CCn2cc(c3ccccc32)C2=C(C(=O)N(Cc3cnc([N+](=O)[O-])n3C)C2=O)c2cn(c3ccccc23)CCO1. The van der Waals surface area contributed by atoms with Crippen molar-refractivity contribution in [1.82, 2.24) is 27.9 Å². The first-order valence-electron chi connectivity index (χ1n) is 17.6. The van der Waals surface area contributed by atoms with E-state index >= 15 is 0 Å². The molecule has 4 bridgehead atoms. The minimum atomic E-state index is -0.592. The lowest BCUT2D eigenvalue weighted by Gasteiger charge is -2.22. The molecule has 7 rings (SSSR count). The highest BCUT2D eigenvalue weighted by molar-refractivity contribution is 7.77. The van der Waals surface area contributed by atoms with Crippen LogP contribution in [-0.2, 0) is 41.0 Å². The van der Waals surface area contributed by atoms with Gasteiger partial charge in [0.2, 0.25) is 0 Å². The number of fused-ring (bicyclic) bond motifs is 12. The van der Waals surface area contributed by atoms with Crippen molar-refractivity contribution in [3.05, 3.63) is 107 Å². The maximum atomic E-state index is 14.5. The summed E-state index contributed by atoms with van der Waals surface area (Å²) in [6.07, 6.45) is 7.60. The average Bonchev–Trinajstić information content (AvgIpc) is 3.87. The summed E-state index contributed by atoms with van der Waals surface area (Å²) in [7, 11) is 3.41. The van der Waals surface area contributed by atoms with Crippen LogP contribution in [-0.4, -0.2) is 70.9 Å². The van der Waals surface area contributed by atoms with E-state index in [9.17, 15) is 19.7 Å². The number of benzene rings is 2. The number of hydrogen-bond acceptors (Lipinski definition) is 8. The van der Waals surface area contributed by atoms with Crippen LogP contribution in [0.5, 0.6) is 0 Å². The molecule has 2 aromatic carbocycles. The van der Waals surface area contributed by atoms with E-state index in [-0.39, 0.29) is 18.6 Å². The highest BCUT2D eigenvalue weighted by Gasteiger charge is 2.42. The first kappa shape index (κ1) is 39.8. The van der Waals surface area contributed by atoms with Crippen LogP contribution in [0.3, 0.4) is 0 Å². The standard InChI is InChI=1S/C32H31N7O5S.C3H6.2C2H6/c1-34(45)17-21-11-12-36-18-24(22-7-3-5-9-26(22)36)28-29(25-19-37(13-14-44-21)27-10-6-4-8-23(25)27)31(41)38(30(28)40)16-20-15-33-32(35(20)2)39(42)43;1-3-2;2*1-2/h3-10,15,18-19,21,45H,11-14,16-17H2,1-2H3;3H,1H2,2H3;2*1-2H3. The number of nitro groups is 1. The monoisotopic (exact) mass is 727 g/mol. The van der Waals surface area contributed by atoms with Gasteiger partial charge < -0.3 is 24.0 Å². The van der Waals surface area contributed by atoms with Gasteiger partial charge in [-0.15, -0.1) is 6.58 Å². The molecule has 2 amide bonds. The van der Waals surface area contributed by atoms with Crippen LogP contribution >= 0.6 is 12.8 Å². The number of para-hydroxylation sites is 2. The van der Waals surface area contributed by atoms with Crippen LogP contribution in [0.2, 0.25) is 0 Å². The van der Waals surface area contributed by atoms with Crippen molar-refractivity contribution < 1.29 is 19.2 Å². The molecule has 0 aliphatic carbocycles. The second-order valence-corrected chi connectivity index (χ2v) is 12.5. The normalized spacial score (nSPS) is 15.6. The van der Waals surface area contributed by atoms with Gasteiger partial charge in [0.1, 0.15) is 11.9 Å². The van der Waals surface area contributed by atoms with E-state index in [4.69, 9.17) is 4.74 Å². The van der Waals surface area contributed by atoms with Gasteiger partial charge >= 0.3 is 5.95 Å². The number of rotatable bonds is 5. The molecule has 12 nitrogen and oxygen atoms in total. The molecule has 5 aromatic rings. The van der Waals surface area contributed by atoms with Crippen molar-refractivity contribution in [2.75, 3.05) is 20.2 Å². The van der Waals surface area contributed by atoms with E-state index in [1.807, 2.05) is 107 Å². The summed E-state index contributed by atoms with van der Waals surface area (Å²) < 4.78 is 13.7. The quantitative estimate of drug-likeness (QED) is 0.0654. The number of carbonyl (C=O) groups is 2. The molecule has 2 aliphatic rings. The van der Waals surface area contributed by atoms with Gasteiger partial charge in [-0.2, -0.15) is 0 Å². The van der Waals surface area contributed by atoms with Crippen LogP contribution in [0, 0.1) is 10.1 Å². The van der Waals surface area contributed by atoms with Crippen LogP contribution < -0.4 is 0 Å². The average molecular weight is 728 g/mol. The lowest BCUT2D eigenvalue weighted by Crippen LogP contribution is -2.31. The Balaban J connectivity index is 0.000000810. The number of nitrogens with zero attached hydrogens (tertiary/aromatic N) is 7. The van der Waals surface area contributed by atoms with Crippen molar-refractivity contribution >= 4 is 63.5 Å². The zero-order chi connectivity index (χ0) is 38.1. The highest BCUT2D eigenvalue weighted by Crippen LogP contribution is 2.42. The molecule has 52 heavy (non-hydrogen) atoms. The Kier molecular flexibility index (Phi) is 13.8. The lowest BCUT2D eigenvalue weighted by atomic mass is 9.95. The number of imide groups is 1. The Morgan fingerprint density at radius 2 is 1.46 bits per heavy atom. The molecule has 3 aromatic heterocycles. The third-order valence-electron chi connectivity index (χ3n) is 8.67. The van der Waals surface area contributed by atoms with E-state index in [1.54, 1.807) is 6.08 Å². The van der Waals surface area contributed by atoms with Gasteiger partial charge in [0.25, 0.3) is 11.8 Å². The highest BCUT2D eigenvalue weighted by atomic mass is 32.1. The lowest BCUT2D eigenvalue weighted by molar-refractivity contribution is -0.396. The molecule has 0 saturated carbocycles. The molecule has 1 atom stereocenters. The Labute approximate surface area is 310 Å². The number of thiol groups is 1. The fourth-order valence-electron chi connectivity index (χ4n) is 6.52. The molecule has 276 valence electrons. The third-order valence-corrected chi connectivity index (χ3v) is 8.84. The summed E-state index contributed by atoms with van der Waals surface area (Å²) in [6.45, 7) is 15.4. The molecule has 1 unspecified atom stereocenters. The van der Waals surface area contributed by atoms with E-state index in [1.165, 1.54) is 22.7 Å². The van der Waals surface area contributed by atoms with Crippen LogP contribution in [0.4, 0.5) is 5.95 Å². The van der Waals surface area contributed by atoms with Crippen LogP contribution in [0.25, 0.3) is 33.0 Å². The Morgan fingerprint density at radius 3 is 1.94 bits per heavy atom. The van der Waals surface area contributed by atoms with Crippen molar-refractivity contribution in [1.29, 1.82) is 0 Å². The van der Waals surface area contributed by atoms with Gasteiger partial charge in [-0.05, 0) is 37.4 Å². The third kappa shape index (κ3) is 7.91. The van der Waals surface area contributed by atoms with Crippen molar-refractivity contribution in [3.8, 4) is 0 Å². The molecule has 2 aliphatic heterocycles. The van der Waals surface area contributed by atoms with Gasteiger partial charge in [0.15, 0.2) is 0 Å². The predicted octanol–water partition coefficient (Wildman–Crippen LogP) is 7.53. The maximum Gasteiger partial charge on any atom is 0.434 e.